The number of rotatable bonds is 21. The first-order valence-corrected chi connectivity index (χ1v) is 16.4. The lowest BCUT2D eigenvalue weighted by molar-refractivity contribution is 0.381. The van der Waals surface area contributed by atoms with E-state index in [2.05, 4.69) is 27.7 Å². The van der Waals surface area contributed by atoms with Crippen LogP contribution >= 0.6 is 7.92 Å². The molecule has 1 atom stereocenters. The van der Waals surface area contributed by atoms with Crippen molar-refractivity contribution in [3.63, 3.8) is 0 Å². The van der Waals surface area contributed by atoms with E-state index in [1.165, 1.54) is 116 Å². The van der Waals surface area contributed by atoms with Crippen molar-refractivity contribution in [3.8, 4) is 0 Å². The fourth-order valence-corrected chi connectivity index (χ4v) is 6.88. The third kappa shape index (κ3) is 32.6. The van der Waals surface area contributed by atoms with Crippen LogP contribution in [0.2, 0.25) is 0 Å². The Morgan fingerprint density at radius 2 is 0.871 bits per heavy atom. The van der Waals surface area contributed by atoms with Gasteiger partial charge in [0.05, 0.1) is 0 Å². The Bertz CT molecular complexity index is 419. The van der Waals surface area contributed by atoms with Crippen molar-refractivity contribution in [2.24, 2.45) is 0 Å². The predicted molar refractivity (Wildman–Crippen MR) is 140 cm³/mol. The lowest BCUT2D eigenvalue weighted by Crippen LogP contribution is -2.06. The number of hydrogen-bond acceptors (Lipinski definition) is 2. The highest BCUT2D eigenvalue weighted by atomic mass is 32.3. The molecule has 4 nitrogen and oxygen atoms in total. The van der Waals surface area contributed by atoms with Gasteiger partial charge < -0.3 is 0 Å². The molecular weight excluding hydrogens is 427 g/mol. The van der Waals surface area contributed by atoms with E-state index >= 15 is 0 Å². The van der Waals surface area contributed by atoms with Gasteiger partial charge in [0.1, 0.15) is 0 Å². The summed E-state index contributed by atoms with van der Waals surface area (Å²) >= 11 is 0. The van der Waals surface area contributed by atoms with E-state index in [-0.39, 0.29) is 0 Å². The van der Waals surface area contributed by atoms with Crippen LogP contribution in [-0.2, 0) is 10.4 Å². The maximum absolute atomic E-state index is 8.74. The van der Waals surface area contributed by atoms with Gasteiger partial charge >= 0.3 is 10.4 Å². The third-order valence-electron chi connectivity index (χ3n) is 5.95. The van der Waals surface area contributed by atoms with E-state index in [0.29, 0.717) is 7.92 Å². The van der Waals surface area contributed by atoms with Crippen molar-refractivity contribution < 1.29 is 17.5 Å². The van der Waals surface area contributed by atoms with Crippen LogP contribution in [0.3, 0.4) is 0 Å². The Balaban J connectivity index is 0. The Morgan fingerprint density at radius 3 is 1.23 bits per heavy atom. The first kappa shape index (κ1) is 33.5. The highest BCUT2D eigenvalue weighted by Gasteiger charge is 2.15. The second-order valence-electron chi connectivity index (χ2n) is 9.07. The van der Waals surface area contributed by atoms with Crippen molar-refractivity contribution >= 4 is 18.3 Å². The molecule has 190 valence electrons. The normalized spacial score (nSPS) is 12.6. The minimum absolute atomic E-state index is 0.305. The molecule has 0 amide bonds. The maximum atomic E-state index is 8.74. The van der Waals surface area contributed by atoms with Gasteiger partial charge in [-0.1, -0.05) is 124 Å². The molecule has 0 aromatic carbocycles. The fraction of sp³-hybridized carbons (Fsp3) is 1.00. The highest BCUT2D eigenvalue weighted by Crippen LogP contribution is 2.45. The summed E-state index contributed by atoms with van der Waals surface area (Å²) < 4.78 is 31.6. The smallest absolute Gasteiger partial charge is 0.264 e. The molecule has 1 unspecified atom stereocenters. The molecule has 0 aromatic heterocycles. The van der Waals surface area contributed by atoms with Gasteiger partial charge in [0.2, 0.25) is 0 Å². The monoisotopic (exact) mass is 482 g/mol. The highest BCUT2D eigenvalue weighted by molar-refractivity contribution is 7.79. The molecule has 2 N–H and O–H groups in total. The van der Waals surface area contributed by atoms with Gasteiger partial charge in [0.15, 0.2) is 0 Å². The summed E-state index contributed by atoms with van der Waals surface area (Å²) in [6.45, 7) is 9.56. The molecule has 31 heavy (non-hydrogen) atoms. The lowest BCUT2D eigenvalue weighted by atomic mass is 10.1. The topological polar surface area (TPSA) is 74.6 Å². The number of unbranched alkanes of at least 4 members (excludes halogenated alkanes) is 14. The molecule has 0 heterocycles. The van der Waals surface area contributed by atoms with Gasteiger partial charge in [-0.3, -0.25) is 9.11 Å². The van der Waals surface area contributed by atoms with E-state index in [9.17, 15) is 0 Å². The van der Waals surface area contributed by atoms with Crippen LogP contribution in [0.1, 0.15) is 143 Å². The van der Waals surface area contributed by atoms with Crippen molar-refractivity contribution in [1.29, 1.82) is 0 Å². The van der Waals surface area contributed by atoms with Gasteiger partial charge in [-0.05, 0) is 37.2 Å². The van der Waals surface area contributed by atoms with Crippen LogP contribution in [0.5, 0.6) is 0 Å². The average molecular weight is 483 g/mol. The van der Waals surface area contributed by atoms with Crippen molar-refractivity contribution in [3.05, 3.63) is 0 Å². The molecule has 0 saturated carbocycles. The van der Waals surface area contributed by atoms with Crippen LogP contribution in [0.4, 0.5) is 0 Å². The van der Waals surface area contributed by atoms with Crippen LogP contribution in [0, 0.1) is 0 Å². The maximum Gasteiger partial charge on any atom is 0.394 e. The molecule has 0 fully saturated rings. The molecule has 0 bridgehead atoms. The second kappa shape index (κ2) is 24.9. The average Bonchev–Trinajstić information content (AvgIpc) is 2.70. The van der Waals surface area contributed by atoms with Crippen LogP contribution in [0.25, 0.3) is 0 Å². The van der Waals surface area contributed by atoms with Crippen molar-refractivity contribution in [2.75, 3.05) is 12.3 Å². The second-order valence-corrected chi connectivity index (χ2v) is 12.9. The summed E-state index contributed by atoms with van der Waals surface area (Å²) in [5.41, 5.74) is 1.03. The predicted octanol–water partition coefficient (Wildman–Crippen LogP) is 9.29. The molecule has 0 aromatic rings. The molecule has 0 aliphatic carbocycles. The quantitative estimate of drug-likeness (QED) is 0.0970. The van der Waals surface area contributed by atoms with E-state index in [1.54, 1.807) is 12.3 Å². The van der Waals surface area contributed by atoms with E-state index in [4.69, 9.17) is 17.5 Å². The summed E-state index contributed by atoms with van der Waals surface area (Å²) in [5.74, 6) is 0. The zero-order valence-electron chi connectivity index (χ0n) is 21.3. The molecule has 0 radical (unpaired) electrons. The van der Waals surface area contributed by atoms with Gasteiger partial charge in [0, 0.05) is 0 Å². The van der Waals surface area contributed by atoms with E-state index in [0.717, 1.165) is 5.66 Å². The summed E-state index contributed by atoms with van der Waals surface area (Å²) in [7, 11) is -4.36. The lowest BCUT2D eigenvalue weighted by Gasteiger charge is -2.25. The summed E-state index contributed by atoms with van der Waals surface area (Å²) in [6.07, 6.45) is 29.5. The first-order valence-electron chi connectivity index (χ1n) is 13.2. The zero-order chi connectivity index (χ0) is 23.8. The summed E-state index contributed by atoms with van der Waals surface area (Å²) in [6, 6.07) is 0. The molecule has 0 rings (SSSR count). The van der Waals surface area contributed by atoms with Crippen molar-refractivity contribution in [2.45, 2.75) is 149 Å². The molecular formula is C25H55O4PS. The molecule has 0 spiro atoms. The third-order valence-corrected chi connectivity index (χ3v) is 9.23. The zero-order valence-corrected chi connectivity index (χ0v) is 23.0. The van der Waals surface area contributed by atoms with Crippen LogP contribution < -0.4 is 0 Å². The standard InChI is InChI=1S/C25H53P.H2O4S/c1-5-8-11-14-17-20-23-26(24-21-18-15-12-9-6-2)25(4)22-19-16-13-10-7-3;1-5(2,3)4/h25H,5-24H2,1-4H3;(H2,1,2,3,4). The van der Waals surface area contributed by atoms with Crippen molar-refractivity contribution in [1.82, 2.24) is 0 Å². The molecule has 6 heteroatoms. The minimum atomic E-state index is -4.67. The van der Waals surface area contributed by atoms with Gasteiger partial charge in [0.25, 0.3) is 0 Å². The summed E-state index contributed by atoms with van der Waals surface area (Å²) in [4.78, 5) is 0. The van der Waals surface area contributed by atoms with Gasteiger partial charge in [-0.25, -0.2) is 0 Å². The van der Waals surface area contributed by atoms with Gasteiger partial charge in [-0.2, -0.15) is 8.42 Å². The Kier molecular flexibility index (Phi) is 26.9. The fourth-order valence-electron chi connectivity index (χ4n) is 3.97. The van der Waals surface area contributed by atoms with E-state index in [1.807, 2.05) is 0 Å². The SMILES string of the molecule is CCCCCCCCP(CCCCCCCC)C(C)CCCCCCC.O=S(=O)(O)O. The van der Waals surface area contributed by atoms with Gasteiger partial charge in [-0.15, -0.1) is 7.92 Å². The largest absolute Gasteiger partial charge is 0.394 e. The van der Waals surface area contributed by atoms with Crippen LogP contribution in [-0.4, -0.2) is 35.5 Å². The summed E-state index contributed by atoms with van der Waals surface area (Å²) in [5, 5.41) is 0. The first-order chi connectivity index (χ1) is 14.8. The number of hydrogen-bond donors (Lipinski definition) is 2. The van der Waals surface area contributed by atoms with E-state index < -0.39 is 10.4 Å². The Hall–Kier alpha value is 0.300. The molecule has 0 aliphatic rings. The Labute approximate surface area is 197 Å². The molecule has 0 aliphatic heterocycles. The molecule has 0 saturated heterocycles. The minimum Gasteiger partial charge on any atom is -0.264 e. The Morgan fingerprint density at radius 1 is 0.581 bits per heavy atom. The van der Waals surface area contributed by atoms with Crippen LogP contribution in [0.15, 0.2) is 0 Å².